The molecule has 0 saturated carbocycles. The minimum Gasteiger partial charge on any atom is -0.383 e. The third-order valence-corrected chi connectivity index (χ3v) is 4.84. The highest BCUT2D eigenvalue weighted by atomic mass is 32.1. The van der Waals surface area contributed by atoms with Gasteiger partial charge < -0.3 is 9.64 Å². The number of aromatic nitrogens is 1. The lowest BCUT2D eigenvalue weighted by Gasteiger charge is -2.27. The monoisotopic (exact) mass is 282 g/mol. The molecule has 19 heavy (non-hydrogen) atoms. The molecule has 1 aromatic heterocycles. The number of nitrogens with zero attached hydrogens (tertiary/aromatic N) is 2. The summed E-state index contributed by atoms with van der Waals surface area (Å²) >= 11 is 1.56. The molecule has 0 spiro atoms. The average Bonchev–Trinajstić information content (AvgIpc) is 2.84. The van der Waals surface area contributed by atoms with E-state index in [1.165, 1.54) is 0 Å². The van der Waals surface area contributed by atoms with Crippen LogP contribution >= 0.6 is 11.3 Å². The van der Waals surface area contributed by atoms with E-state index in [0.29, 0.717) is 19.1 Å². The number of hydrogen-bond donors (Lipinski definition) is 0. The zero-order valence-corrected chi connectivity index (χ0v) is 12.8. The Morgan fingerprint density at radius 1 is 1.47 bits per heavy atom. The predicted octanol–water partition coefficient (Wildman–Crippen LogP) is 2.91. The van der Waals surface area contributed by atoms with E-state index in [0.717, 1.165) is 41.5 Å². The van der Waals surface area contributed by atoms with Crippen LogP contribution in [-0.4, -0.2) is 37.1 Å². The fourth-order valence-corrected chi connectivity index (χ4v) is 3.50. The zero-order valence-electron chi connectivity index (χ0n) is 11.9. The van der Waals surface area contributed by atoms with E-state index in [-0.39, 0.29) is 5.78 Å². The lowest BCUT2D eigenvalue weighted by atomic mass is 10.0. The number of Topliss-reactive ketones (excluding diaryl/α,β-unsaturated/α-hetero) is 1. The Hall–Kier alpha value is -0.940. The average molecular weight is 282 g/mol. The van der Waals surface area contributed by atoms with Gasteiger partial charge in [0, 0.05) is 26.1 Å². The van der Waals surface area contributed by atoms with E-state index in [4.69, 9.17) is 9.72 Å². The molecule has 1 atom stereocenters. The molecule has 1 heterocycles. The van der Waals surface area contributed by atoms with E-state index in [1.54, 1.807) is 18.4 Å². The van der Waals surface area contributed by atoms with Gasteiger partial charge in [0.05, 0.1) is 17.2 Å². The minimum atomic E-state index is 0.265. The lowest BCUT2D eigenvalue weighted by molar-refractivity contribution is 0.0976. The van der Waals surface area contributed by atoms with Crippen molar-refractivity contribution >= 4 is 22.3 Å². The summed E-state index contributed by atoms with van der Waals surface area (Å²) in [6.07, 6.45) is 3.62. The van der Waals surface area contributed by atoms with Crippen LogP contribution in [-0.2, 0) is 11.2 Å². The summed E-state index contributed by atoms with van der Waals surface area (Å²) in [5.41, 5.74) is 1.00. The number of ketones is 1. The van der Waals surface area contributed by atoms with Crippen molar-refractivity contribution in [3.8, 4) is 0 Å². The first-order valence-corrected chi connectivity index (χ1v) is 7.77. The van der Waals surface area contributed by atoms with Gasteiger partial charge in [-0.2, -0.15) is 0 Å². The van der Waals surface area contributed by atoms with Crippen molar-refractivity contribution in [1.29, 1.82) is 0 Å². The van der Waals surface area contributed by atoms with Crippen LogP contribution in [0, 0.1) is 0 Å². The Labute approximate surface area is 118 Å². The standard InChI is InChI=1S/C14H22N2O2S/c1-4-10(2)16(8-9-18-3)14-15-11-6-5-7-12(17)13(11)19-14/h10H,4-9H2,1-3H3. The maximum atomic E-state index is 11.9. The normalized spacial score (nSPS) is 16.3. The number of rotatable bonds is 6. The first kappa shape index (κ1) is 14.5. The van der Waals surface area contributed by atoms with Crippen LogP contribution in [0.1, 0.15) is 48.5 Å². The number of aryl methyl sites for hydroxylation is 1. The number of methoxy groups -OCH3 is 1. The van der Waals surface area contributed by atoms with Crippen LogP contribution < -0.4 is 4.90 Å². The van der Waals surface area contributed by atoms with Gasteiger partial charge in [0.1, 0.15) is 0 Å². The number of ether oxygens (including phenoxy) is 1. The van der Waals surface area contributed by atoms with Gasteiger partial charge in [-0.3, -0.25) is 4.79 Å². The van der Waals surface area contributed by atoms with Gasteiger partial charge in [-0.05, 0) is 26.2 Å². The number of fused-ring (bicyclic) bond motifs is 1. The van der Waals surface area contributed by atoms with E-state index in [2.05, 4.69) is 18.7 Å². The second-order valence-electron chi connectivity index (χ2n) is 4.99. The van der Waals surface area contributed by atoms with Crippen molar-refractivity contribution in [3.05, 3.63) is 10.6 Å². The molecule has 2 rings (SSSR count). The molecule has 0 bridgehead atoms. The summed E-state index contributed by atoms with van der Waals surface area (Å²) in [7, 11) is 1.71. The summed E-state index contributed by atoms with van der Waals surface area (Å²) in [5.74, 6) is 0.265. The van der Waals surface area contributed by atoms with Crippen LogP contribution in [0.25, 0.3) is 0 Å². The maximum absolute atomic E-state index is 11.9. The molecule has 1 unspecified atom stereocenters. The molecule has 1 aromatic rings. The van der Waals surface area contributed by atoms with Crippen LogP contribution in [0.5, 0.6) is 0 Å². The van der Waals surface area contributed by atoms with E-state index < -0.39 is 0 Å². The molecule has 0 fully saturated rings. The van der Waals surface area contributed by atoms with Crippen molar-refractivity contribution in [2.24, 2.45) is 0 Å². The van der Waals surface area contributed by atoms with Gasteiger partial charge in [0.2, 0.25) is 0 Å². The highest BCUT2D eigenvalue weighted by molar-refractivity contribution is 7.17. The van der Waals surface area contributed by atoms with Crippen LogP contribution in [0.15, 0.2) is 0 Å². The fraction of sp³-hybridized carbons (Fsp3) is 0.714. The molecule has 0 radical (unpaired) electrons. The minimum absolute atomic E-state index is 0.265. The molecular formula is C14H22N2O2S. The van der Waals surface area contributed by atoms with Crippen molar-refractivity contribution in [1.82, 2.24) is 4.98 Å². The molecule has 0 saturated heterocycles. The fourth-order valence-electron chi connectivity index (χ4n) is 2.29. The molecule has 5 heteroatoms. The van der Waals surface area contributed by atoms with Crippen molar-refractivity contribution in [2.75, 3.05) is 25.2 Å². The Bertz CT molecular complexity index is 445. The smallest absolute Gasteiger partial charge is 0.186 e. The maximum Gasteiger partial charge on any atom is 0.186 e. The zero-order chi connectivity index (χ0) is 13.8. The van der Waals surface area contributed by atoms with Gasteiger partial charge in [-0.15, -0.1) is 0 Å². The highest BCUT2D eigenvalue weighted by Crippen LogP contribution is 2.32. The molecule has 106 valence electrons. The van der Waals surface area contributed by atoms with E-state index in [9.17, 15) is 4.79 Å². The molecule has 1 aliphatic rings. The summed E-state index contributed by atoms with van der Waals surface area (Å²) in [4.78, 5) is 19.7. The summed E-state index contributed by atoms with van der Waals surface area (Å²) in [6, 6.07) is 0.415. The lowest BCUT2D eigenvalue weighted by Crippen LogP contribution is -2.35. The summed E-state index contributed by atoms with van der Waals surface area (Å²) < 4.78 is 5.18. The molecule has 0 aliphatic heterocycles. The van der Waals surface area contributed by atoms with E-state index in [1.807, 2.05) is 0 Å². The first-order chi connectivity index (χ1) is 9.17. The molecule has 0 N–H and O–H groups in total. The Kier molecular flexibility index (Phi) is 4.93. The molecule has 4 nitrogen and oxygen atoms in total. The van der Waals surface area contributed by atoms with Crippen LogP contribution in [0.3, 0.4) is 0 Å². The van der Waals surface area contributed by atoms with Crippen LogP contribution in [0.4, 0.5) is 5.13 Å². The predicted molar refractivity (Wildman–Crippen MR) is 78.4 cm³/mol. The number of anilines is 1. The molecule has 0 amide bonds. The van der Waals surface area contributed by atoms with Crippen molar-refractivity contribution < 1.29 is 9.53 Å². The Morgan fingerprint density at radius 2 is 2.26 bits per heavy atom. The molecular weight excluding hydrogens is 260 g/mol. The number of carbonyl (C=O) groups is 1. The van der Waals surface area contributed by atoms with Gasteiger partial charge in [-0.1, -0.05) is 18.3 Å². The van der Waals surface area contributed by atoms with Gasteiger partial charge in [0.15, 0.2) is 10.9 Å². The highest BCUT2D eigenvalue weighted by Gasteiger charge is 2.25. The largest absolute Gasteiger partial charge is 0.383 e. The topological polar surface area (TPSA) is 42.4 Å². The molecule has 1 aliphatic carbocycles. The third kappa shape index (κ3) is 3.15. The second-order valence-corrected chi connectivity index (χ2v) is 5.97. The first-order valence-electron chi connectivity index (χ1n) is 6.95. The van der Waals surface area contributed by atoms with Gasteiger partial charge >= 0.3 is 0 Å². The van der Waals surface area contributed by atoms with Gasteiger partial charge in [-0.25, -0.2) is 4.98 Å². The van der Waals surface area contributed by atoms with Crippen molar-refractivity contribution in [2.45, 2.75) is 45.6 Å². The Morgan fingerprint density at radius 3 is 2.89 bits per heavy atom. The van der Waals surface area contributed by atoms with Crippen molar-refractivity contribution in [3.63, 3.8) is 0 Å². The third-order valence-electron chi connectivity index (χ3n) is 3.66. The quantitative estimate of drug-likeness (QED) is 0.804. The summed E-state index contributed by atoms with van der Waals surface area (Å²) in [6.45, 7) is 5.87. The second kappa shape index (κ2) is 6.48. The SMILES string of the molecule is CCC(C)N(CCOC)c1nc2c(s1)C(=O)CCC2. The Balaban J connectivity index is 2.23. The number of carbonyl (C=O) groups excluding carboxylic acids is 1. The van der Waals surface area contributed by atoms with Crippen LogP contribution in [0.2, 0.25) is 0 Å². The number of hydrogen-bond acceptors (Lipinski definition) is 5. The number of thiazole rings is 1. The van der Waals surface area contributed by atoms with E-state index >= 15 is 0 Å². The van der Waals surface area contributed by atoms with Gasteiger partial charge in [0.25, 0.3) is 0 Å². The summed E-state index contributed by atoms with van der Waals surface area (Å²) in [5, 5.41) is 0.978. The molecule has 0 aromatic carbocycles.